The number of aliphatic carboxylic acids is 1. The van der Waals surface area contributed by atoms with Crippen molar-refractivity contribution in [3.8, 4) is 0 Å². The highest BCUT2D eigenvalue weighted by molar-refractivity contribution is 5.96. The number of carboxylic acid groups (broad SMARTS) is 1. The van der Waals surface area contributed by atoms with Gasteiger partial charge in [-0.2, -0.15) is 5.10 Å². The van der Waals surface area contributed by atoms with Crippen LogP contribution in [0.25, 0.3) is 0 Å². The molecule has 1 N–H and O–H groups in total. The molecule has 0 bridgehead atoms. The predicted octanol–water partition coefficient (Wildman–Crippen LogP) is 0.857. The molecule has 3 rings (SSSR count). The van der Waals surface area contributed by atoms with Crippen LogP contribution in [0.4, 0.5) is 0 Å². The van der Waals surface area contributed by atoms with Crippen LogP contribution in [-0.2, 0) is 16.1 Å². The fourth-order valence-electron chi connectivity index (χ4n) is 2.55. The maximum Gasteiger partial charge on any atom is 0.328 e. The Morgan fingerprint density at radius 1 is 1.30 bits per heavy atom. The van der Waals surface area contributed by atoms with Crippen molar-refractivity contribution in [2.45, 2.75) is 12.6 Å². The van der Waals surface area contributed by atoms with Crippen LogP contribution < -0.4 is 0 Å². The highest BCUT2D eigenvalue weighted by Gasteiger charge is 2.33. The van der Waals surface area contributed by atoms with E-state index in [0.717, 1.165) is 5.56 Å². The van der Waals surface area contributed by atoms with E-state index in [1.807, 2.05) is 30.3 Å². The van der Waals surface area contributed by atoms with Crippen molar-refractivity contribution in [3.63, 3.8) is 0 Å². The van der Waals surface area contributed by atoms with Gasteiger partial charge in [-0.05, 0) is 5.56 Å². The number of carboxylic acids is 1. The molecule has 0 unspecified atom stereocenters. The minimum atomic E-state index is -1.06. The number of amides is 1. The molecule has 0 spiro atoms. The van der Waals surface area contributed by atoms with Gasteiger partial charge in [-0.3, -0.25) is 9.48 Å². The van der Waals surface area contributed by atoms with Gasteiger partial charge in [-0.15, -0.1) is 0 Å². The van der Waals surface area contributed by atoms with Crippen molar-refractivity contribution in [2.75, 3.05) is 19.8 Å². The molecule has 1 atom stereocenters. The highest BCUT2D eigenvalue weighted by atomic mass is 16.5. The molecule has 0 saturated carbocycles. The largest absolute Gasteiger partial charge is 0.480 e. The molecule has 1 aliphatic rings. The minimum absolute atomic E-state index is 0.0131. The molecule has 2 aromatic rings. The van der Waals surface area contributed by atoms with Crippen LogP contribution in [0.2, 0.25) is 0 Å². The lowest BCUT2D eigenvalue weighted by atomic mass is 10.2. The van der Waals surface area contributed by atoms with Crippen LogP contribution in [0.1, 0.15) is 15.9 Å². The summed E-state index contributed by atoms with van der Waals surface area (Å²) in [6.45, 7) is 1.17. The van der Waals surface area contributed by atoms with E-state index in [1.165, 1.54) is 11.1 Å². The molecule has 7 heteroatoms. The van der Waals surface area contributed by atoms with Gasteiger partial charge in [0.2, 0.25) is 0 Å². The normalized spacial score (nSPS) is 17.9. The smallest absolute Gasteiger partial charge is 0.328 e. The summed E-state index contributed by atoms with van der Waals surface area (Å²) in [5, 5.41) is 13.4. The molecule has 1 amide bonds. The Kier molecular flexibility index (Phi) is 4.38. The monoisotopic (exact) mass is 315 g/mol. The van der Waals surface area contributed by atoms with Gasteiger partial charge in [0, 0.05) is 12.7 Å². The van der Waals surface area contributed by atoms with Gasteiger partial charge in [0.05, 0.1) is 31.5 Å². The zero-order chi connectivity index (χ0) is 16.2. The van der Waals surface area contributed by atoms with Crippen molar-refractivity contribution < 1.29 is 19.4 Å². The van der Waals surface area contributed by atoms with Crippen LogP contribution in [0.3, 0.4) is 0 Å². The van der Waals surface area contributed by atoms with Gasteiger partial charge in [-0.25, -0.2) is 4.79 Å². The number of carbonyl (C=O) groups is 2. The Morgan fingerprint density at radius 2 is 2.09 bits per heavy atom. The zero-order valence-electron chi connectivity index (χ0n) is 12.5. The number of rotatable bonds is 4. The summed E-state index contributed by atoms with van der Waals surface area (Å²) in [5.74, 6) is -1.39. The standard InChI is InChI=1S/C16H17N3O4/c20-15(19-6-7-23-11-14(19)16(21)22)13-8-17-18(10-13)9-12-4-2-1-3-5-12/h1-5,8,10,14H,6-7,9,11H2,(H,21,22)/t14-/m0/s1. The number of nitrogens with zero attached hydrogens (tertiary/aromatic N) is 3. The maximum absolute atomic E-state index is 12.5. The molecule has 120 valence electrons. The van der Waals surface area contributed by atoms with Crippen molar-refractivity contribution in [3.05, 3.63) is 53.9 Å². The van der Waals surface area contributed by atoms with Gasteiger partial charge < -0.3 is 14.7 Å². The second kappa shape index (κ2) is 6.62. The molecular weight excluding hydrogens is 298 g/mol. The first-order chi connectivity index (χ1) is 11.1. The van der Waals surface area contributed by atoms with Gasteiger partial charge in [-0.1, -0.05) is 30.3 Å². The van der Waals surface area contributed by atoms with Crippen LogP contribution in [0.15, 0.2) is 42.7 Å². The molecule has 1 fully saturated rings. The summed E-state index contributed by atoms with van der Waals surface area (Å²) in [6, 6.07) is 8.82. The highest BCUT2D eigenvalue weighted by Crippen LogP contribution is 2.13. The molecule has 1 aromatic heterocycles. The van der Waals surface area contributed by atoms with E-state index in [0.29, 0.717) is 18.7 Å². The molecule has 1 aliphatic heterocycles. The van der Waals surface area contributed by atoms with Crippen LogP contribution in [0, 0.1) is 0 Å². The first kappa shape index (κ1) is 15.2. The summed E-state index contributed by atoms with van der Waals surface area (Å²) in [7, 11) is 0. The molecule has 23 heavy (non-hydrogen) atoms. The lowest BCUT2D eigenvalue weighted by Gasteiger charge is -2.32. The SMILES string of the molecule is O=C(O)[C@@H]1COCCN1C(=O)c1cnn(Cc2ccccc2)c1. The third kappa shape index (κ3) is 3.40. The lowest BCUT2D eigenvalue weighted by Crippen LogP contribution is -2.52. The molecular formula is C16H17N3O4. The fraction of sp³-hybridized carbons (Fsp3) is 0.312. The Balaban J connectivity index is 1.74. The second-order valence-corrected chi connectivity index (χ2v) is 5.34. The first-order valence-electron chi connectivity index (χ1n) is 7.33. The number of aromatic nitrogens is 2. The third-order valence-corrected chi connectivity index (χ3v) is 3.74. The Bertz CT molecular complexity index is 698. The van der Waals surface area contributed by atoms with Gasteiger partial charge in [0.15, 0.2) is 6.04 Å². The predicted molar refractivity (Wildman–Crippen MR) is 81.1 cm³/mol. The average molecular weight is 315 g/mol. The third-order valence-electron chi connectivity index (χ3n) is 3.74. The summed E-state index contributed by atoms with van der Waals surface area (Å²) >= 11 is 0. The Hall–Kier alpha value is -2.67. The molecule has 1 aromatic carbocycles. The van der Waals surface area contributed by atoms with E-state index >= 15 is 0 Å². The quantitative estimate of drug-likeness (QED) is 0.904. The average Bonchev–Trinajstić information content (AvgIpc) is 3.03. The minimum Gasteiger partial charge on any atom is -0.480 e. The van der Waals surface area contributed by atoms with E-state index in [-0.39, 0.29) is 19.1 Å². The van der Waals surface area contributed by atoms with Crippen molar-refractivity contribution >= 4 is 11.9 Å². The van der Waals surface area contributed by atoms with Crippen molar-refractivity contribution in [1.82, 2.24) is 14.7 Å². The van der Waals surface area contributed by atoms with E-state index in [9.17, 15) is 14.7 Å². The van der Waals surface area contributed by atoms with Gasteiger partial charge in [0.1, 0.15) is 0 Å². The van der Waals surface area contributed by atoms with E-state index in [1.54, 1.807) is 10.9 Å². The van der Waals surface area contributed by atoms with Gasteiger partial charge >= 0.3 is 5.97 Å². The number of carbonyl (C=O) groups excluding carboxylic acids is 1. The molecule has 1 saturated heterocycles. The van der Waals surface area contributed by atoms with E-state index in [4.69, 9.17) is 4.74 Å². The Labute approximate surface area is 133 Å². The Morgan fingerprint density at radius 3 is 2.83 bits per heavy atom. The van der Waals surface area contributed by atoms with Crippen LogP contribution in [-0.4, -0.2) is 57.5 Å². The van der Waals surface area contributed by atoms with Crippen LogP contribution >= 0.6 is 0 Å². The summed E-state index contributed by atoms with van der Waals surface area (Å²) in [5.41, 5.74) is 1.46. The maximum atomic E-state index is 12.5. The van der Waals surface area contributed by atoms with E-state index in [2.05, 4.69) is 5.10 Å². The number of benzene rings is 1. The zero-order valence-corrected chi connectivity index (χ0v) is 12.5. The molecule has 2 heterocycles. The topological polar surface area (TPSA) is 84.7 Å². The number of hydrogen-bond acceptors (Lipinski definition) is 4. The number of hydrogen-bond donors (Lipinski definition) is 1. The fourth-order valence-corrected chi connectivity index (χ4v) is 2.55. The number of ether oxygens (including phenoxy) is 1. The van der Waals surface area contributed by atoms with Crippen molar-refractivity contribution in [2.24, 2.45) is 0 Å². The second-order valence-electron chi connectivity index (χ2n) is 5.34. The molecule has 0 aliphatic carbocycles. The first-order valence-corrected chi connectivity index (χ1v) is 7.33. The molecule has 0 radical (unpaired) electrons. The van der Waals surface area contributed by atoms with Crippen molar-refractivity contribution in [1.29, 1.82) is 0 Å². The van der Waals surface area contributed by atoms with Crippen LogP contribution in [0.5, 0.6) is 0 Å². The summed E-state index contributed by atoms with van der Waals surface area (Å²) in [6.07, 6.45) is 3.11. The summed E-state index contributed by atoms with van der Waals surface area (Å²) < 4.78 is 6.81. The number of morpholine rings is 1. The summed E-state index contributed by atoms with van der Waals surface area (Å²) in [4.78, 5) is 25.1. The van der Waals surface area contributed by atoms with E-state index < -0.39 is 12.0 Å². The lowest BCUT2D eigenvalue weighted by molar-refractivity contribution is -0.147. The van der Waals surface area contributed by atoms with Gasteiger partial charge in [0.25, 0.3) is 5.91 Å². The molecule has 7 nitrogen and oxygen atoms in total.